The monoisotopic (exact) mass is 203 g/mol. The van der Waals surface area contributed by atoms with Crippen LogP contribution in [0.3, 0.4) is 0 Å². The number of nitrogens with one attached hydrogen (secondary N) is 2. The van der Waals surface area contributed by atoms with Crippen molar-refractivity contribution in [3.05, 3.63) is 29.5 Å². The van der Waals surface area contributed by atoms with Crippen LogP contribution < -0.4 is 10.6 Å². The Bertz CT molecular complexity index is 358. The van der Waals surface area contributed by atoms with E-state index in [1.807, 2.05) is 13.2 Å². The zero-order valence-electron chi connectivity index (χ0n) is 9.09. The van der Waals surface area contributed by atoms with Gasteiger partial charge in [0.05, 0.1) is 0 Å². The van der Waals surface area contributed by atoms with E-state index < -0.39 is 0 Å². The van der Waals surface area contributed by atoms with Crippen molar-refractivity contribution in [1.29, 1.82) is 0 Å². The zero-order valence-corrected chi connectivity index (χ0v) is 9.09. The molecule has 0 saturated heterocycles. The van der Waals surface area contributed by atoms with Gasteiger partial charge in [-0.2, -0.15) is 0 Å². The molecule has 80 valence electrons. The van der Waals surface area contributed by atoms with Crippen molar-refractivity contribution in [1.82, 2.24) is 10.3 Å². The first kappa shape index (κ1) is 10.2. The van der Waals surface area contributed by atoms with Crippen LogP contribution in [0.4, 0.5) is 5.82 Å². The molecular weight excluding hydrogens is 186 g/mol. The van der Waals surface area contributed by atoms with E-state index >= 15 is 0 Å². The molecule has 0 aliphatic carbocycles. The van der Waals surface area contributed by atoms with Crippen molar-refractivity contribution in [2.24, 2.45) is 0 Å². The quantitative estimate of drug-likeness (QED) is 0.731. The third kappa shape index (κ3) is 2.57. The van der Waals surface area contributed by atoms with E-state index in [9.17, 15) is 0 Å². The van der Waals surface area contributed by atoms with Crippen LogP contribution in [0, 0.1) is 0 Å². The van der Waals surface area contributed by atoms with E-state index in [4.69, 9.17) is 0 Å². The predicted octanol–water partition coefficient (Wildman–Crippen LogP) is 1.67. The minimum atomic E-state index is 1.02. The summed E-state index contributed by atoms with van der Waals surface area (Å²) in [5.74, 6) is 1.06. The van der Waals surface area contributed by atoms with Crippen molar-refractivity contribution >= 4 is 11.9 Å². The third-order valence-corrected chi connectivity index (χ3v) is 2.55. The number of aromatic nitrogens is 1. The second-order valence-corrected chi connectivity index (χ2v) is 3.75. The number of pyridine rings is 1. The Kier molecular flexibility index (Phi) is 3.35. The van der Waals surface area contributed by atoms with Crippen LogP contribution in [0.2, 0.25) is 0 Å². The highest BCUT2D eigenvalue weighted by Crippen LogP contribution is 2.20. The molecule has 1 aliphatic rings. The molecule has 1 aromatic rings. The van der Waals surface area contributed by atoms with Gasteiger partial charge in [-0.1, -0.05) is 12.2 Å². The van der Waals surface area contributed by atoms with Gasteiger partial charge < -0.3 is 10.6 Å². The lowest BCUT2D eigenvalue weighted by atomic mass is 10.1. The molecule has 3 heteroatoms. The van der Waals surface area contributed by atoms with Crippen LogP contribution in [0.5, 0.6) is 0 Å². The lowest BCUT2D eigenvalue weighted by molar-refractivity contribution is 0.809. The molecule has 2 rings (SSSR count). The molecule has 3 nitrogen and oxygen atoms in total. The maximum atomic E-state index is 4.38. The Morgan fingerprint density at radius 2 is 2.53 bits per heavy atom. The summed E-state index contributed by atoms with van der Waals surface area (Å²) in [5.41, 5.74) is 2.54. The topological polar surface area (TPSA) is 37.0 Å². The summed E-state index contributed by atoms with van der Waals surface area (Å²) in [4.78, 5) is 4.38. The van der Waals surface area contributed by atoms with Crippen LogP contribution in [0.15, 0.2) is 18.3 Å². The van der Waals surface area contributed by atoms with E-state index in [0.29, 0.717) is 0 Å². The fourth-order valence-electron chi connectivity index (χ4n) is 1.73. The Hall–Kier alpha value is -1.35. The van der Waals surface area contributed by atoms with Gasteiger partial charge in [-0.15, -0.1) is 0 Å². The van der Waals surface area contributed by atoms with E-state index in [1.165, 1.54) is 11.1 Å². The van der Waals surface area contributed by atoms with Gasteiger partial charge in [0.15, 0.2) is 0 Å². The highest BCUT2D eigenvalue weighted by Gasteiger charge is 2.10. The first-order valence-corrected chi connectivity index (χ1v) is 5.44. The number of hydrogen-bond acceptors (Lipinski definition) is 3. The standard InChI is InChI=1S/C12H17N3/c1-13-6-3-2-4-10-8-11-5-7-14-12(11)15-9-10/h2,4,8-9,13H,3,5-7H2,1H3,(H,14,15). The molecule has 0 atom stereocenters. The summed E-state index contributed by atoms with van der Waals surface area (Å²) in [7, 11) is 1.97. The summed E-state index contributed by atoms with van der Waals surface area (Å²) in [6.07, 6.45) is 8.41. The molecule has 0 aromatic carbocycles. The Morgan fingerprint density at radius 3 is 3.40 bits per heavy atom. The van der Waals surface area contributed by atoms with E-state index in [0.717, 1.165) is 31.7 Å². The maximum Gasteiger partial charge on any atom is 0.129 e. The minimum absolute atomic E-state index is 1.02. The number of anilines is 1. The van der Waals surface area contributed by atoms with Gasteiger partial charge in [-0.25, -0.2) is 4.98 Å². The third-order valence-electron chi connectivity index (χ3n) is 2.55. The molecule has 1 aliphatic heterocycles. The summed E-state index contributed by atoms with van der Waals surface area (Å²) < 4.78 is 0. The average Bonchev–Trinajstić information content (AvgIpc) is 2.71. The fourth-order valence-corrected chi connectivity index (χ4v) is 1.73. The van der Waals surface area contributed by atoms with E-state index in [1.54, 1.807) is 0 Å². The molecule has 0 bridgehead atoms. The summed E-state index contributed by atoms with van der Waals surface area (Å²) >= 11 is 0. The Balaban J connectivity index is 2.00. The lowest BCUT2D eigenvalue weighted by Crippen LogP contribution is -2.05. The van der Waals surface area contributed by atoms with Crippen molar-refractivity contribution in [3.8, 4) is 0 Å². The fraction of sp³-hybridized carbons (Fsp3) is 0.417. The molecule has 2 N–H and O–H groups in total. The summed E-state index contributed by atoms with van der Waals surface area (Å²) in [5, 5.41) is 6.38. The Labute approximate surface area is 90.6 Å². The number of fused-ring (bicyclic) bond motifs is 1. The predicted molar refractivity (Wildman–Crippen MR) is 64.0 cm³/mol. The number of hydrogen-bond donors (Lipinski definition) is 2. The van der Waals surface area contributed by atoms with Crippen molar-refractivity contribution in [2.75, 3.05) is 25.5 Å². The van der Waals surface area contributed by atoms with E-state index in [2.05, 4.69) is 33.8 Å². The van der Waals surface area contributed by atoms with Gasteiger partial charge in [-0.05, 0) is 43.6 Å². The molecule has 0 unspecified atom stereocenters. The van der Waals surface area contributed by atoms with Crippen molar-refractivity contribution < 1.29 is 0 Å². The zero-order chi connectivity index (χ0) is 10.5. The van der Waals surface area contributed by atoms with Gasteiger partial charge in [-0.3, -0.25) is 0 Å². The van der Waals surface area contributed by atoms with Crippen LogP contribution >= 0.6 is 0 Å². The highest BCUT2D eigenvalue weighted by molar-refractivity contribution is 5.57. The molecule has 0 amide bonds. The van der Waals surface area contributed by atoms with Gasteiger partial charge in [0, 0.05) is 12.7 Å². The number of rotatable bonds is 4. The van der Waals surface area contributed by atoms with Crippen LogP contribution in [-0.4, -0.2) is 25.1 Å². The highest BCUT2D eigenvalue weighted by atomic mass is 15.0. The normalized spacial score (nSPS) is 14.2. The van der Waals surface area contributed by atoms with Crippen LogP contribution in [-0.2, 0) is 6.42 Å². The van der Waals surface area contributed by atoms with Crippen molar-refractivity contribution in [2.45, 2.75) is 12.8 Å². The molecule has 1 aromatic heterocycles. The second-order valence-electron chi connectivity index (χ2n) is 3.75. The smallest absolute Gasteiger partial charge is 0.129 e. The second kappa shape index (κ2) is 4.94. The average molecular weight is 203 g/mol. The lowest BCUT2D eigenvalue weighted by Gasteiger charge is -1.99. The summed E-state index contributed by atoms with van der Waals surface area (Å²) in [6.45, 7) is 2.05. The van der Waals surface area contributed by atoms with Crippen molar-refractivity contribution in [3.63, 3.8) is 0 Å². The molecular formula is C12H17N3. The maximum absolute atomic E-state index is 4.38. The van der Waals surface area contributed by atoms with Gasteiger partial charge in [0.1, 0.15) is 5.82 Å². The van der Waals surface area contributed by atoms with Gasteiger partial charge >= 0.3 is 0 Å². The minimum Gasteiger partial charge on any atom is -0.370 e. The van der Waals surface area contributed by atoms with Gasteiger partial charge in [0.25, 0.3) is 0 Å². The largest absolute Gasteiger partial charge is 0.370 e. The van der Waals surface area contributed by atoms with Crippen LogP contribution in [0.25, 0.3) is 6.08 Å². The molecule has 15 heavy (non-hydrogen) atoms. The molecule has 2 heterocycles. The molecule has 0 radical (unpaired) electrons. The number of nitrogens with zero attached hydrogens (tertiary/aromatic N) is 1. The first-order chi connectivity index (χ1) is 7.40. The molecule has 0 spiro atoms. The van der Waals surface area contributed by atoms with E-state index in [-0.39, 0.29) is 0 Å². The first-order valence-electron chi connectivity index (χ1n) is 5.44. The molecule has 0 fully saturated rings. The summed E-state index contributed by atoms with van der Waals surface area (Å²) in [6, 6.07) is 2.22. The van der Waals surface area contributed by atoms with Gasteiger partial charge in [0.2, 0.25) is 0 Å². The molecule has 0 saturated carbocycles. The van der Waals surface area contributed by atoms with Crippen LogP contribution in [0.1, 0.15) is 17.5 Å². The Morgan fingerprint density at radius 1 is 1.60 bits per heavy atom. The SMILES string of the molecule is CNCCC=Cc1cnc2c(c1)CCN2.